The minimum Gasteiger partial charge on any atom is -0.312 e. The third kappa shape index (κ3) is 3.25. The Morgan fingerprint density at radius 2 is 1.91 bits per heavy atom. The Hall–Kier alpha value is -2.00. The molecule has 1 aliphatic heterocycles. The highest BCUT2D eigenvalue weighted by Crippen LogP contribution is 2.34. The number of rotatable bonds is 3. The van der Waals surface area contributed by atoms with Gasteiger partial charge in [-0.05, 0) is 47.4 Å². The number of hydrogen-bond acceptors (Lipinski definition) is 2. The monoisotopic (exact) mass is 300 g/mol. The van der Waals surface area contributed by atoms with Crippen LogP contribution in [0, 0.1) is 19.8 Å². The van der Waals surface area contributed by atoms with E-state index in [0.717, 1.165) is 16.8 Å². The van der Waals surface area contributed by atoms with Crippen LogP contribution in [0.1, 0.15) is 43.9 Å². The Morgan fingerprint density at radius 3 is 2.41 bits per heavy atom. The molecule has 1 saturated heterocycles. The quantitative estimate of drug-likeness (QED) is 0.467. The van der Waals surface area contributed by atoms with Crippen LogP contribution in [0.2, 0.25) is 0 Å². The minimum atomic E-state index is 0.0904. The van der Waals surface area contributed by atoms with Gasteiger partial charge in [0.15, 0.2) is 0 Å². The van der Waals surface area contributed by atoms with Crippen LogP contribution in [0.15, 0.2) is 17.2 Å². The Bertz CT molecular complexity index is 616. The van der Waals surface area contributed by atoms with Gasteiger partial charge < -0.3 is 4.90 Å². The SMILES string of the molecule is Cc1cc(C(C)(C)C)cc(C)c1N1CC(CN=[N+]=[N-])CC1=O. The number of hydrogen-bond donors (Lipinski definition) is 0. The molecule has 0 aliphatic carbocycles. The lowest BCUT2D eigenvalue weighted by atomic mass is 9.84. The topological polar surface area (TPSA) is 69.1 Å². The van der Waals surface area contributed by atoms with Crippen molar-refractivity contribution >= 4 is 11.6 Å². The van der Waals surface area contributed by atoms with Crippen molar-refractivity contribution in [3.05, 3.63) is 39.3 Å². The van der Waals surface area contributed by atoms with Crippen LogP contribution in [0.3, 0.4) is 0 Å². The summed E-state index contributed by atoms with van der Waals surface area (Å²) in [7, 11) is 0. The number of aryl methyl sites for hydroxylation is 2. The van der Waals surface area contributed by atoms with Crippen molar-refractivity contribution < 1.29 is 4.79 Å². The molecule has 0 N–H and O–H groups in total. The van der Waals surface area contributed by atoms with Crippen molar-refractivity contribution in [1.82, 2.24) is 0 Å². The molecule has 22 heavy (non-hydrogen) atoms. The number of carbonyl (C=O) groups is 1. The van der Waals surface area contributed by atoms with Crippen LogP contribution >= 0.6 is 0 Å². The average molecular weight is 300 g/mol. The van der Waals surface area contributed by atoms with Gasteiger partial charge in [-0.1, -0.05) is 38.0 Å². The standard InChI is InChI=1S/C17H24N4O/c1-11-6-14(17(3,4)5)7-12(2)16(11)21-10-13(8-15(21)22)9-19-20-18/h6-7,13H,8-10H2,1-5H3. The molecule has 5 heteroatoms. The van der Waals surface area contributed by atoms with E-state index in [1.165, 1.54) is 5.56 Å². The van der Waals surface area contributed by atoms with Gasteiger partial charge in [0.05, 0.1) is 0 Å². The molecule has 2 rings (SSSR count). The zero-order chi connectivity index (χ0) is 16.5. The third-order valence-corrected chi connectivity index (χ3v) is 4.24. The fourth-order valence-corrected chi connectivity index (χ4v) is 3.09. The van der Waals surface area contributed by atoms with Crippen LogP contribution < -0.4 is 4.90 Å². The largest absolute Gasteiger partial charge is 0.312 e. The van der Waals surface area contributed by atoms with Gasteiger partial charge in [0.2, 0.25) is 5.91 Å². The molecule has 1 atom stereocenters. The molecule has 0 bridgehead atoms. The molecule has 0 aromatic heterocycles. The minimum absolute atomic E-state index is 0.0904. The van der Waals surface area contributed by atoms with Gasteiger partial charge >= 0.3 is 0 Å². The lowest BCUT2D eigenvalue weighted by Gasteiger charge is -2.26. The second-order valence-corrected chi connectivity index (χ2v) is 7.20. The first kappa shape index (κ1) is 16.4. The summed E-state index contributed by atoms with van der Waals surface area (Å²) >= 11 is 0. The van der Waals surface area contributed by atoms with Gasteiger partial charge in [-0.15, -0.1) is 0 Å². The number of nitrogens with zero attached hydrogens (tertiary/aromatic N) is 4. The molecule has 0 radical (unpaired) electrons. The molecule has 1 fully saturated rings. The van der Waals surface area contributed by atoms with E-state index in [-0.39, 0.29) is 17.2 Å². The first-order chi connectivity index (χ1) is 10.2. The van der Waals surface area contributed by atoms with Crippen LogP contribution in [-0.4, -0.2) is 19.0 Å². The maximum atomic E-state index is 12.3. The van der Waals surface area contributed by atoms with E-state index in [4.69, 9.17) is 5.53 Å². The highest BCUT2D eigenvalue weighted by atomic mass is 16.2. The maximum Gasteiger partial charge on any atom is 0.227 e. The first-order valence-corrected chi connectivity index (χ1v) is 7.67. The highest BCUT2D eigenvalue weighted by Gasteiger charge is 2.32. The summed E-state index contributed by atoms with van der Waals surface area (Å²) in [5, 5.41) is 3.61. The Morgan fingerprint density at radius 1 is 1.32 bits per heavy atom. The fourth-order valence-electron chi connectivity index (χ4n) is 3.09. The van der Waals surface area contributed by atoms with Crippen LogP contribution in [0.5, 0.6) is 0 Å². The Balaban J connectivity index is 2.33. The highest BCUT2D eigenvalue weighted by molar-refractivity contribution is 5.97. The van der Waals surface area contributed by atoms with Gasteiger partial charge in [-0.3, -0.25) is 4.79 Å². The predicted octanol–water partition coefficient (Wildman–Crippen LogP) is 4.26. The van der Waals surface area contributed by atoms with Crippen molar-refractivity contribution in [2.45, 2.75) is 46.5 Å². The van der Waals surface area contributed by atoms with Crippen LogP contribution in [0.4, 0.5) is 5.69 Å². The molecule has 118 valence electrons. The van der Waals surface area contributed by atoms with E-state index in [0.29, 0.717) is 19.5 Å². The lowest BCUT2D eigenvalue weighted by Crippen LogP contribution is -2.27. The number of azide groups is 1. The molecule has 1 aromatic rings. The molecule has 1 aromatic carbocycles. The van der Waals surface area contributed by atoms with Gasteiger partial charge in [-0.25, -0.2) is 0 Å². The van der Waals surface area contributed by atoms with E-state index in [1.807, 2.05) is 4.90 Å². The summed E-state index contributed by atoms with van der Waals surface area (Å²) in [6.07, 6.45) is 0.457. The van der Waals surface area contributed by atoms with Crippen molar-refractivity contribution in [2.75, 3.05) is 18.0 Å². The van der Waals surface area contributed by atoms with E-state index < -0.39 is 0 Å². The normalized spacial score (nSPS) is 18.5. The average Bonchev–Trinajstić information content (AvgIpc) is 2.76. The van der Waals surface area contributed by atoms with Crippen molar-refractivity contribution in [2.24, 2.45) is 11.0 Å². The molecule has 1 unspecified atom stereocenters. The van der Waals surface area contributed by atoms with Crippen molar-refractivity contribution in [1.29, 1.82) is 0 Å². The fraction of sp³-hybridized carbons (Fsp3) is 0.588. The summed E-state index contributed by atoms with van der Waals surface area (Å²) in [5.41, 5.74) is 13.1. The summed E-state index contributed by atoms with van der Waals surface area (Å²) in [6.45, 7) is 11.7. The van der Waals surface area contributed by atoms with E-state index in [1.54, 1.807) is 0 Å². The summed E-state index contributed by atoms with van der Waals surface area (Å²) in [4.78, 5) is 17.0. The van der Waals surface area contributed by atoms with E-state index in [9.17, 15) is 4.79 Å². The zero-order valence-electron chi connectivity index (χ0n) is 14.1. The number of amides is 1. The number of anilines is 1. The van der Waals surface area contributed by atoms with Crippen LogP contribution in [0.25, 0.3) is 10.4 Å². The van der Waals surface area contributed by atoms with Gasteiger partial charge in [0, 0.05) is 30.1 Å². The summed E-state index contributed by atoms with van der Waals surface area (Å²) in [6, 6.07) is 4.35. The number of carbonyl (C=O) groups excluding carboxylic acids is 1. The molecule has 0 spiro atoms. The summed E-state index contributed by atoms with van der Waals surface area (Å²) < 4.78 is 0. The van der Waals surface area contributed by atoms with Crippen LogP contribution in [-0.2, 0) is 10.2 Å². The third-order valence-electron chi connectivity index (χ3n) is 4.24. The van der Waals surface area contributed by atoms with E-state index in [2.05, 4.69) is 56.8 Å². The second kappa shape index (κ2) is 6.01. The lowest BCUT2D eigenvalue weighted by molar-refractivity contribution is -0.117. The van der Waals surface area contributed by atoms with Crippen molar-refractivity contribution in [3.63, 3.8) is 0 Å². The molecular formula is C17H24N4O. The molecule has 5 nitrogen and oxygen atoms in total. The summed E-state index contributed by atoms with van der Waals surface area (Å²) in [5.74, 6) is 0.234. The zero-order valence-corrected chi connectivity index (χ0v) is 14.1. The molecule has 1 aliphatic rings. The molecule has 1 heterocycles. The maximum absolute atomic E-state index is 12.3. The molecular weight excluding hydrogens is 276 g/mol. The predicted molar refractivity (Wildman–Crippen MR) is 89.1 cm³/mol. The van der Waals surface area contributed by atoms with Gasteiger partial charge in [0.25, 0.3) is 0 Å². The van der Waals surface area contributed by atoms with Gasteiger partial charge in [0.1, 0.15) is 0 Å². The second-order valence-electron chi connectivity index (χ2n) is 7.20. The molecule has 1 amide bonds. The molecule has 0 saturated carbocycles. The number of benzene rings is 1. The van der Waals surface area contributed by atoms with Crippen molar-refractivity contribution in [3.8, 4) is 0 Å². The Labute approximate surface area is 131 Å². The smallest absolute Gasteiger partial charge is 0.227 e. The van der Waals surface area contributed by atoms with E-state index >= 15 is 0 Å². The van der Waals surface area contributed by atoms with Gasteiger partial charge in [-0.2, -0.15) is 0 Å². The Kier molecular flexibility index (Phi) is 4.47. The first-order valence-electron chi connectivity index (χ1n) is 7.67.